The monoisotopic (exact) mass is 262 g/mol. The van der Waals surface area contributed by atoms with Gasteiger partial charge in [0.25, 0.3) is 0 Å². The minimum atomic E-state index is 0.108. The Bertz CT molecular complexity index is 414. The number of hydrogen-bond donors (Lipinski definition) is 1. The number of ketones is 1. The summed E-state index contributed by atoms with van der Waals surface area (Å²) in [6.45, 7) is 7.42. The molecular weight excluding hydrogens is 240 g/mol. The van der Waals surface area contributed by atoms with Crippen molar-refractivity contribution in [3.63, 3.8) is 0 Å². The SMILES string of the molecule is CC(=O)c1cccc(NCCCN2CCOCC2)c1. The fourth-order valence-electron chi connectivity index (χ4n) is 2.21. The highest BCUT2D eigenvalue weighted by atomic mass is 16.5. The molecule has 104 valence electrons. The van der Waals surface area contributed by atoms with Crippen LogP contribution in [0.5, 0.6) is 0 Å². The molecule has 0 aliphatic carbocycles. The van der Waals surface area contributed by atoms with E-state index in [1.807, 2.05) is 24.3 Å². The van der Waals surface area contributed by atoms with E-state index in [1.165, 1.54) is 0 Å². The Hall–Kier alpha value is -1.39. The standard InChI is InChI=1S/C15H22N2O2/c1-13(18)14-4-2-5-15(12-14)16-6-3-7-17-8-10-19-11-9-17/h2,4-5,12,16H,3,6-11H2,1H3. The van der Waals surface area contributed by atoms with E-state index < -0.39 is 0 Å². The molecule has 0 atom stereocenters. The van der Waals surface area contributed by atoms with Gasteiger partial charge in [-0.1, -0.05) is 12.1 Å². The maximum atomic E-state index is 11.3. The number of hydrogen-bond acceptors (Lipinski definition) is 4. The first-order valence-electron chi connectivity index (χ1n) is 6.91. The number of carbonyl (C=O) groups excluding carboxylic acids is 1. The van der Waals surface area contributed by atoms with E-state index in [1.54, 1.807) is 6.92 Å². The van der Waals surface area contributed by atoms with Gasteiger partial charge in [0.1, 0.15) is 0 Å². The smallest absolute Gasteiger partial charge is 0.159 e. The van der Waals surface area contributed by atoms with Crippen LogP contribution in [0.1, 0.15) is 23.7 Å². The molecule has 0 radical (unpaired) electrons. The first kappa shape index (κ1) is 14.0. The molecule has 4 nitrogen and oxygen atoms in total. The van der Waals surface area contributed by atoms with Crippen molar-refractivity contribution in [3.8, 4) is 0 Å². The van der Waals surface area contributed by atoms with Gasteiger partial charge < -0.3 is 10.1 Å². The molecule has 0 spiro atoms. The van der Waals surface area contributed by atoms with Crippen LogP contribution in [0.3, 0.4) is 0 Å². The average Bonchev–Trinajstić information content (AvgIpc) is 2.45. The summed E-state index contributed by atoms with van der Waals surface area (Å²) in [5.41, 5.74) is 1.79. The number of ether oxygens (including phenoxy) is 1. The molecule has 1 heterocycles. The van der Waals surface area contributed by atoms with Crippen LogP contribution in [0.15, 0.2) is 24.3 Å². The molecule has 1 N–H and O–H groups in total. The van der Waals surface area contributed by atoms with Crippen LogP contribution < -0.4 is 5.32 Å². The summed E-state index contributed by atoms with van der Waals surface area (Å²) in [6.07, 6.45) is 1.10. The normalized spacial score (nSPS) is 16.3. The van der Waals surface area contributed by atoms with E-state index in [-0.39, 0.29) is 5.78 Å². The summed E-state index contributed by atoms with van der Waals surface area (Å²) >= 11 is 0. The number of Topliss-reactive ketones (excluding diaryl/α,β-unsaturated/α-hetero) is 1. The molecule has 1 saturated heterocycles. The molecule has 1 fully saturated rings. The van der Waals surface area contributed by atoms with E-state index in [0.717, 1.165) is 57.1 Å². The summed E-state index contributed by atoms with van der Waals surface area (Å²) in [5.74, 6) is 0.108. The second-order valence-electron chi connectivity index (χ2n) is 4.87. The highest BCUT2D eigenvalue weighted by Gasteiger charge is 2.09. The molecule has 4 heteroatoms. The largest absolute Gasteiger partial charge is 0.385 e. The van der Waals surface area contributed by atoms with Crippen LogP contribution in [0, 0.1) is 0 Å². The van der Waals surface area contributed by atoms with Gasteiger partial charge >= 0.3 is 0 Å². The van der Waals surface area contributed by atoms with Crippen LogP contribution >= 0.6 is 0 Å². The Morgan fingerprint density at radius 2 is 2.16 bits per heavy atom. The molecule has 19 heavy (non-hydrogen) atoms. The first-order valence-corrected chi connectivity index (χ1v) is 6.91. The number of benzene rings is 1. The van der Waals surface area contributed by atoms with Crippen molar-refractivity contribution >= 4 is 11.5 Å². The van der Waals surface area contributed by atoms with Crippen LogP contribution in [0.25, 0.3) is 0 Å². The molecule has 0 bridgehead atoms. The predicted octanol–water partition coefficient (Wildman–Crippen LogP) is 2.02. The van der Waals surface area contributed by atoms with Crippen molar-refractivity contribution < 1.29 is 9.53 Å². The summed E-state index contributed by atoms with van der Waals surface area (Å²) in [5, 5.41) is 3.37. The van der Waals surface area contributed by atoms with Gasteiger partial charge in [0, 0.05) is 30.9 Å². The third-order valence-corrected chi connectivity index (χ3v) is 3.35. The third kappa shape index (κ3) is 4.65. The minimum Gasteiger partial charge on any atom is -0.385 e. The van der Waals surface area contributed by atoms with Crippen molar-refractivity contribution in [2.45, 2.75) is 13.3 Å². The predicted molar refractivity (Wildman–Crippen MR) is 76.8 cm³/mol. The summed E-state index contributed by atoms with van der Waals surface area (Å²) in [7, 11) is 0. The summed E-state index contributed by atoms with van der Waals surface area (Å²) in [6, 6.07) is 7.68. The first-order chi connectivity index (χ1) is 9.25. The molecule has 1 aromatic carbocycles. The Morgan fingerprint density at radius 3 is 2.89 bits per heavy atom. The van der Waals surface area contributed by atoms with Crippen LogP contribution in [-0.4, -0.2) is 50.1 Å². The lowest BCUT2D eigenvalue weighted by atomic mass is 10.1. The Labute approximate surface area is 114 Å². The van der Waals surface area contributed by atoms with Gasteiger partial charge in [0.15, 0.2) is 5.78 Å². The average molecular weight is 262 g/mol. The lowest BCUT2D eigenvalue weighted by Gasteiger charge is -2.26. The Morgan fingerprint density at radius 1 is 1.37 bits per heavy atom. The topological polar surface area (TPSA) is 41.6 Å². The molecule has 0 saturated carbocycles. The maximum absolute atomic E-state index is 11.3. The van der Waals surface area contributed by atoms with Crippen molar-refractivity contribution in [2.24, 2.45) is 0 Å². The number of nitrogens with zero attached hydrogens (tertiary/aromatic N) is 1. The highest BCUT2D eigenvalue weighted by Crippen LogP contribution is 2.11. The number of carbonyl (C=O) groups is 1. The zero-order chi connectivity index (χ0) is 13.5. The lowest BCUT2D eigenvalue weighted by molar-refractivity contribution is 0.0378. The Balaban J connectivity index is 1.70. The fourth-order valence-corrected chi connectivity index (χ4v) is 2.21. The summed E-state index contributed by atoms with van der Waals surface area (Å²) < 4.78 is 5.32. The van der Waals surface area contributed by atoms with Gasteiger partial charge in [-0.3, -0.25) is 9.69 Å². The van der Waals surface area contributed by atoms with E-state index in [4.69, 9.17) is 4.74 Å². The van der Waals surface area contributed by atoms with Crippen molar-refractivity contribution in [2.75, 3.05) is 44.7 Å². The number of morpholine rings is 1. The molecule has 0 amide bonds. The molecule has 0 aromatic heterocycles. The number of anilines is 1. The van der Waals surface area contributed by atoms with Gasteiger partial charge in [-0.15, -0.1) is 0 Å². The van der Waals surface area contributed by atoms with Crippen LogP contribution in [0.2, 0.25) is 0 Å². The van der Waals surface area contributed by atoms with Crippen LogP contribution in [0.4, 0.5) is 5.69 Å². The van der Waals surface area contributed by atoms with Crippen LogP contribution in [-0.2, 0) is 4.74 Å². The van der Waals surface area contributed by atoms with E-state index in [2.05, 4.69) is 10.2 Å². The van der Waals surface area contributed by atoms with Gasteiger partial charge in [-0.05, 0) is 32.0 Å². The molecule has 2 rings (SSSR count). The maximum Gasteiger partial charge on any atom is 0.159 e. The number of nitrogens with one attached hydrogen (secondary N) is 1. The molecule has 1 aromatic rings. The van der Waals surface area contributed by atoms with Crippen molar-refractivity contribution in [3.05, 3.63) is 29.8 Å². The van der Waals surface area contributed by atoms with Gasteiger partial charge in [-0.2, -0.15) is 0 Å². The van der Waals surface area contributed by atoms with E-state index in [0.29, 0.717) is 0 Å². The number of rotatable bonds is 6. The lowest BCUT2D eigenvalue weighted by Crippen LogP contribution is -2.37. The molecule has 1 aliphatic heterocycles. The second-order valence-corrected chi connectivity index (χ2v) is 4.87. The van der Waals surface area contributed by atoms with Crippen molar-refractivity contribution in [1.82, 2.24) is 4.90 Å². The second kappa shape index (κ2) is 7.26. The summed E-state index contributed by atoms with van der Waals surface area (Å²) in [4.78, 5) is 13.7. The zero-order valence-corrected chi connectivity index (χ0v) is 11.5. The van der Waals surface area contributed by atoms with Gasteiger partial charge in [0.2, 0.25) is 0 Å². The van der Waals surface area contributed by atoms with Gasteiger partial charge in [-0.25, -0.2) is 0 Å². The minimum absolute atomic E-state index is 0.108. The zero-order valence-electron chi connectivity index (χ0n) is 11.5. The van der Waals surface area contributed by atoms with Crippen molar-refractivity contribution in [1.29, 1.82) is 0 Å². The third-order valence-electron chi connectivity index (χ3n) is 3.35. The van der Waals surface area contributed by atoms with Gasteiger partial charge in [0.05, 0.1) is 13.2 Å². The Kier molecular flexibility index (Phi) is 5.36. The highest BCUT2D eigenvalue weighted by molar-refractivity contribution is 5.94. The molecular formula is C15H22N2O2. The van der Waals surface area contributed by atoms with E-state index >= 15 is 0 Å². The van der Waals surface area contributed by atoms with E-state index in [9.17, 15) is 4.79 Å². The quantitative estimate of drug-likeness (QED) is 0.629. The fraction of sp³-hybridized carbons (Fsp3) is 0.533. The molecule has 1 aliphatic rings. The molecule has 0 unspecified atom stereocenters.